The van der Waals surface area contributed by atoms with Gasteiger partial charge in [0.1, 0.15) is 34.1 Å². The molecule has 6 heteroatoms. The van der Waals surface area contributed by atoms with Crippen LogP contribution in [0.1, 0.15) is 20.7 Å². The third-order valence-corrected chi connectivity index (χ3v) is 4.74. The van der Waals surface area contributed by atoms with Crippen LogP contribution in [0.25, 0.3) is 11.1 Å². The van der Waals surface area contributed by atoms with Crippen LogP contribution in [0.15, 0.2) is 97.1 Å². The van der Waals surface area contributed by atoms with Gasteiger partial charge in [0.2, 0.25) is 0 Å². The van der Waals surface area contributed by atoms with Crippen molar-refractivity contribution < 1.29 is 29.3 Å². The maximum absolute atomic E-state index is 11.6. The number of para-hydroxylation sites is 4. The monoisotopic (exact) mass is 426 g/mol. The SMILES string of the molecule is O=C(O)c1ccccc1Oc1ccccc1-c1ccccc1Oc1ccccc1C(=O)O. The van der Waals surface area contributed by atoms with E-state index >= 15 is 0 Å². The average Bonchev–Trinajstić information content (AvgIpc) is 2.80. The van der Waals surface area contributed by atoms with Gasteiger partial charge in [-0.3, -0.25) is 0 Å². The summed E-state index contributed by atoms with van der Waals surface area (Å²) in [5.74, 6) is -0.893. The van der Waals surface area contributed by atoms with Gasteiger partial charge in [0.05, 0.1) is 0 Å². The number of benzene rings is 4. The van der Waals surface area contributed by atoms with E-state index in [4.69, 9.17) is 9.47 Å². The number of hydrogen-bond donors (Lipinski definition) is 2. The van der Waals surface area contributed by atoms with E-state index in [1.807, 2.05) is 24.3 Å². The number of rotatable bonds is 7. The summed E-state index contributed by atoms with van der Waals surface area (Å²) < 4.78 is 12.0. The van der Waals surface area contributed by atoms with Crippen LogP contribution in [0.2, 0.25) is 0 Å². The molecule has 4 aromatic carbocycles. The van der Waals surface area contributed by atoms with Crippen LogP contribution in [-0.2, 0) is 0 Å². The first-order valence-corrected chi connectivity index (χ1v) is 9.73. The van der Waals surface area contributed by atoms with Gasteiger partial charge in [-0.2, -0.15) is 0 Å². The van der Waals surface area contributed by atoms with Gasteiger partial charge in [0.15, 0.2) is 0 Å². The van der Waals surface area contributed by atoms with Gasteiger partial charge in [-0.1, -0.05) is 60.7 Å². The molecule has 0 aromatic heterocycles. The van der Waals surface area contributed by atoms with E-state index in [-0.39, 0.29) is 22.6 Å². The first kappa shape index (κ1) is 20.7. The van der Waals surface area contributed by atoms with Crippen LogP contribution in [0.5, 0.6) is 23.0 Å². The highest BCUT2D eigenvalue weighted by Gasteiger charge is 2.17. The molecule has 0 radical (unpaired) electrons. The summed E-state index contributed by atoms with van der Waals surface area (Å²) in [4.78, 5) is 23.1. The highest BCUT2D eigenvalue weighted by Crippen LogP contribution is 2.40. The molecule has 0 fully saturated rings. The summed E-state index contributed by atoms with van der Waals surface area (Å²) in [7, 11) is 0. The lowest BCUT2D eigenvalue weighted by Crippen LogP contribution is -2.01. The van der Waals surface area contributed by atoms with Crippen molar-refractivity contribution in [3.63, 3.8) is 0 Å². The van der Waals surface area contributed by atoms with E-state index in [0.29, 0.717) is 22.6 Å². The Kier molecular flexibility index (Phi) is 5.85. The molecule has 0 spiro atoms. The average molecular weight is 426 g/mol. The third-order valence-electron chi connectivity index (χ3n) is 4.74. The van der Waals surface area contributed by atoms with E-state index in [0.717, 1.165) is 0 Å². The van der Waals surface area contributed by atoms with Crippen molar-refractivity contribution >= 4 is 11.9 Å². The zero-order valence-electron chi connectivity index (χ0n) is 16.8. The number of aromatic carboxylic acids is 2. The van der Waals surface area contributed by atoms with Crippen LogP contribution < -0.4 is 9.47 Å². The van der Waals surface area contributed by atoms with Crippen LogP contribution in [0.4, 0.5) is 0 Å². The molecular formula is C26H18O6. The van der Waals surface area contributed by atoms with E-state index in [1.165, 1.54) is 12.1 Å². The Morgan fingerprint density at radius 2 is 0.781 bits per heavy atom. The minimum Gasteiger partial charge on any atom is -0.478 e. The fraction of sp³-hybridized carbons (Fsp3) is 0. The summed E-state index contributed by atoms with van der Waals surface area (Å²) in [6, 6.07) is 27.1. The summed E-state index contributed by atoms with van der Waals surface area (Å²) in [5.41, 5.74) is 1.41. The molecule has 0 atom stereocenters. The molecule has 4 aromatic rings. The normalized spacial score (nSPS) is 10.4. The molecule has 0 amide bonds. The number of carboxylic acid groups (broad SMARTS) is 2. The third kappa shape index (κ3) is 4.29. The first-order valence-electron chi connectivity index (χ1n) is 9.73. The molecule has 0 unspecified atom stereocenters. The number of ether oxygens (including phenoxy) is 2. The van der Waals surface area contributed by atoms with Crippen molar-refractivity contribution in [2.45, 2.75) is 0 Å². The molecule has 0 bridgehead atoms. The zero-order valence-corrected chi connectivity index (χ0v) is 16.8. The lowest BCUT2D eigenvalue weighted by atomic mass is 10.0. The molecule has 0 aliphatic heterocycles. The topological polar surface area (TPSA) is 93.1 Å². The Balaban J connectivity index is 1.76. The zero-order chi connectivity index (χ0) is 22.5. The van der Waals surface area contributed by atoms with Crippen molar-refractivity contribution in [1.29, 1.82) is 0 Å². The molecular weight excluding hydrogens is 408 g/mol. The van der Waals surface area contributed by atoms with Crippen molar-refractivity contribution in [3.8, 4) is 34.1 Å². The summed E-state index contributed by atoms with van der Waals surface area (Å²) in [5, 5.41) is 18.9. The number of carboxylic acids is 2. The Labute approximate surface area is 183 Å². The molecule has 0 saturated heterocycles. The van der Waals surface area contributed by atoms with Gasteiger partial charge >= 0.3 is 11.9 Å². The van der Waals surface area contributed by atoms with Crippen molar-refractivity contribution in [1.82, 2.24) is 0 Å². The molecule has 4 rings (SSSR count). The number of carbonyl (C=O) groups is 2. The van der Waals surface area contributed by atoms with E-state index in [2.05, 4.69) is 0 Å². The van der Waals surface area contributed by atoms with Gasteiger partial charge in [-0.15, -0.1) is 0 Å². The molecule has 2 N–H and O–H groups in total. The number of hydrogen-bond acceptors (Lipinski definition) is 4. The summed E-state index contributed by atoms with van der Waals surface area (Å²) in [6.45, 7) is 0. The standard InChI is InChI=1S/C26H18O6/c27-25(28)19-11-3-7-15-23(19)31-21-13-5-1-9-17(21)18-10-2-6-14-22(18)32-24-16-8-4-12-20(24)26(29)30/h1-16H,(H,27,28)(H,29,30). The smallest absolute Gasteiger partial charge is 0.339 e. The molecule has 0 saturated carbocycles. The lowest BCUT2D eigenvalue weighted by Gasteiger charge is -2.16. The quantitative estimate of drug-likeness (QED) is 0.358. The van der Waals surface area contributed by atoms with E-state index < -0.39 is 11.9 Å². The van der Waals surface area contributed by atoms with Gasteiger partial charge < -0.3 is 19.7 Å². The van der Waals surface area contributed by atoms with E-state index in [1.54, 1.807) is 60.7 Å². The fourth-order valence-electron chi connectivity index (χ4n) is 3.26. The maximum Gasteiger partial charge on any atom is 0.339 e. The van der Waals surface area contributed by atoms with Crippen molar-refractivity contribution in [2.24, 2.45) is 0 Å². The Hall–Kier alpha value is -4.58. The lowest BCUT2D eigenvalue weighted by molar-refractivity contribution is 0.0683. The first-order chi connectivity index (χ1) is 15.5. The van der Waals surface area contributed by atoms with Crippen molar-refractivity contribution in [2.75, 3.05) is 0 Å². The summed E-state index contributed by atoms with van der Waals surface area (Å²) >= 11 is 0. The second-order valence-electron chi connectivity index (χ2n) is 6.80. The molecule has 0 aliphatic carbocycles. The molecule has 0 aliphatic rings. The second-order valence-corrected chi connectivity index (χ2v) is 6.80. The van der Waals surface area contributed by atoms with Gasteiger partial charge in [-0.05, 0) is 36.4 Å². The van der Waals surface area contributed by atoms with Crippen LogP contribution in [0.3, 0.4) is 0 Å². The predicted octanol–water partition coefficient (Wildman–Crippen LogP) is 6.33. The summed E-state index contributed by atoms with van der Waals surface area (Å²) in [6.07, 6.45) is 0. The Morgan fingerprint density at radius 1 is 0.469 bits per heavy atom. The van der Waals surface area contributed by atoms with Gasteiger partial charge in [0, 0.05) is 11.1 Å². The molecule has 6 nitrogen and oxygen atoms in total. The Bertz CT molecular complexity index is 1190. The Morgan fingerprint density at radius 3 is 1.16 bits per heavy atom. The minimum absolute atomic E-state index is 0.0437. The molecule has 158 valence electrons. The second kappa shape index (κ2) is 9.06. The molecule has 32 heavy (non-hydrogen) atoms. The van der Waals surface area contributed by atoms with Crippen LogP contribution in [-0.4, -0.2) is 22.2 Å². The predicted molar refractivity (Wildman–Crippen MR) is 119 cm³/mol. The van der Waals surface area contributed by atoms with Gasteiger partial charge in [0.25, 0.3) is 0 Å². The fourth-order valence-corrected chi connectivity index (χ4v) is 3.26. The van der Waals surface area contributed by atoms with Crippen molar-refractivity contribution in [3.05, 3.63) is 108 Å². The highest BCUT2D eigenvalue weighted by molar-refractivity contribution is 5.92. The maximum atomic E-state index is 11.6. The minimum atomic E-state index is -1.09. The van der Waals surface area contributed by atoms with Gasteiger partial charge in [-0.25, -0.2) is 9.59 Å². The van der Waals surface area contributed by atoms with E-state index in [9.17, 15) is 19.8 Å². The largest absolute Gasteiger partial charge is 0.478 e. The van der Waals surface area contributed by atoms with Crippen LogP contribution >= 0.6 is 0 Å². The molecule has 0 heterocycles. The van der Waals surface area contributed by atoms with Crippen LogP contribution in [0, 0.1) is 0 Å². The highest BCUT2D eigenvalue weighted by atomic mass is 16.5.